The maximum Gasteiger partial charge on any atom is 0.311 e. The van der Waals surface area contributed by atoms with Crippen molar-refractivity contribution in [3.63, 3.8) is 0 Å². The number of cyclic esters (lactones) is 1. The van der Waals surface area contributed by atoms with Crippen LogP contribution in [0.2, 0.25) is 0 Å². The van der Waals surface area contributed by atoms with E-state index in [1.165, 1.54) is 6.92 Å². The fourth-order valence-electron chi connectivity index (χ4n) is 9.86. The number of carbonyl (C=O) groups is 1. The third-order valence-electron chi connectivity index (χ3n) is 13.4. The van der Waals surface area contributed by atoms with E-state index in [2.05, 4.69) is 22.5 Å². The van der Waals surface area contributed by atoms with Gasteiger partial charge in [0.1, 0.15) is 41.8 Å². The van der Waals surface area contributed by atoms with Crippen LogP contribution in [-0.2, 0) is 38.0 Å². The molecule has 1 spiro atoms. The van der Waals surface area contributed by atoms with Crippen LogP contribution < -0.4 is 10.6 Å². The number of hydrogen-bond donors (Lipinski definition) is 6. The van der Waals surface area contributed by atoms with Crippen LogP contribution in [0.3, 0.4) is 0 Å². The number of likely N-dealkylation sites (N-methyl/N-ethyl adjacent to an activating group) is 1. The lowest BCUT2D eigenvalue weighted by molar-refractivity contribution is -0.335. The van der Waals surface area contributed by atoms with E-state index in [-0.39, 0.29) is 37.3 Å². The average Bonchev–Trinajstić information content (AvgIpc) is 3.58. The predicted molar refractivity (Wildman–Crippen MR) is 209 cm³/mol. The molecule has 56 heavy (non-hydrogen) atoms. The minimum atomic E-state index is -1.79. The van der Waals surface area contributed by atoms with Crippen LogP contribution in [0.5, 0.6) is 0 Å². The lowest BCUT2D eigenvalue weighted by Crippen LogP contribution is -2.68. The molecule has 4 aliphatic heterocycles. The monoisotopic (exact) mass is 804 g/mol. The van der Waals surface area contributed by atoms with E-state index in [0.717, 1.165) is 13.0 Å². The van der Waals surface area contributed by atoms with Crippen molar-refractivity contribution in [1.82, 2.24) is 15.5 Å². The van der Waals surface area contributed by atoms with Gasteiger partial charge in [0.05, 0.1) is 35.9 Å². The van der Waals surface area contributed by atoms with Gasteiger partial charge in [0.2, 0.25) is 0 Å². The third-order valence-corrected chi connectivity index (χ3v) is 13.4. The molecule has 328 valence electrons. The molecule has 0 aromatic carbocycles. The Balaban J connectivity index is 1.79. The van der Waals surface area contributed by atoms with Crippen LogP contribution in [0.15, 0.2) is 0 Å². The van der Waals surface area contributed by atoms with Crippen LogP contribution in [0.1, 0.15) is 108 Å². The minimum Gasteiger partial charge on any atom is -0.459 e. The van der Waals surface area contributed by atoms with Gasteiger partial charge in [-0.25, -0.2) is 0 Å². The second kappa shape index (κ2) is 19.1. The molecule has 0 bridgehead atoms. The maximum absolute atomic E-state index is 14.4. The average molecular weight is 804 g/mol. The number of esters is 1. The molecule has 15 nitrogen and oxygen atoms in total. The van der Waals surface area contributed by atoms with Crippen molar-refractivity contribution in [3.8, 4) is 0 Å². The number of hydrogen-bond acceptors (Lipinski definition) is 15. The van der Waals surface area contributed by atoms with E-state index < -0.39 is 95.5 Å². The van der Waals surface area contributed by atoms with Crippen LogP contribution in [0, 0.1) is 17.8 Å². The smallest absolute Gasteiger partial charge is 0.311 e. The third kappa shape index (κ3) is 9.93. The number of ether oxygens (including phenoxy) is 7. The van der Waals surface area contributed by atoms with Crippen molar-refractivity contribution in [1.29, 1.82) is 0 Å². The van der Waals surface area contributed by atoms with E-state index in [4.69, 9.17) is 33.2 Å². The topological polar surface area (TPSA) is 190 Å². The lowest BCUT2D eigenvalue weighted by atomic mass is 9.75. The molecule has 18 atom stereocenters. The summed E-state index contributed by atoms with van der Waals surface area (Å²) in [4.78, 5) is 16.6. The normalized spacial score (nSPS) is 49.3. The van der Waals surface area contributed by atoms with E-state index in [0.29, 0.717) is 26.2 Å². The molecular weight excluding hydrogens is 726 g/mol. The van der Waals surface area contributed by atoms with E-state index in [1.54, 1.807) is 41.9 Å². The molecule has 4 fully saturated rings. The van der Waals surface area contributed by atoms with Gasteiger partial charge in [-0.2, -0.15) is 0 Å². The highest BCUT2D eigenvalue weighted by Gasteiger charge is 2.62. The summed E-state index contributed by atoms with van der Waals surface area (Å²) in [5.74, 6) is -2.52. The Morgan fingerprint density at radius 3 is 2.29 bits per heavy atom. The highest BCUT2D eigenvalue weighted by Crippen LogP contribution is 2.47. The van der Waals surface area contributed by atoms with Gasteiger partial charge in [-0.15, -0.1) is 0 Å². The Kier molecular flexibility index (Phi) is 16.3. The molecular formula is C41H77N3O12. The first kappa shape index (κ1) is 47.6. The van der Waals surface area contributed by atoms with Crippen molar-refractivity contribution in [2.45, 2.75) is 198 Å². The van der Waals surface area contributed by atoms with Gasteiger partial charge < -0.3 is 64.2 Å². The predicted octanol–water partition coefficient (Wildman–Crippen LogP) is 2.29. The summed E-state index contributed by atoms with van der Waals surface area (Å²) in [5, 5.41) is 53.5. The van der Waals surface area contributed by atoms with Gasteiger partial charge in [0, 0.05) is 44.6 Å². The summed E-state index contributed by atoms with van der Waals surface area (Å²) in [5.41, 5.74) is -4.96. The molecule has 4 rings (SSSR count). The zero-order chi connectivity index (χ0) is 42.0. The van der Waals surface area contributed by atoms with Crippen LogP contribution in [0.4, 0.5) is 0 Å². The van der Waals surface area contributed by atoms with Gasteiger partial charge in [0.15, 0.2) is 12.6 Å². The van der Waals surface area contributed by atoms with Gasteiger partial charge in [-0.1, -0.05) is 27.7 Å². The zero-order valence-corrected chi connectivity index (χ0v) is 36.4. The summed E-state index contributed by atoms with van der Waals surface area (Å²) in [7, 11) is 3.44. The highest BCUT2D eigenvalue weighted by molar-refractivity contribution is 5.73. The van der Waals surface area contributed by atoms with Gasteiger partial charge in [-0.3, -0.25) is 9.69 Å². The summed E-state index contributed by atoms with van der Waals surface area (Å²) in [6.45, 7) is 22.6. The van der Waals surface area contributed by atoms with Gasteiger partial charge in [0.25, 0.3) is 0 Å². The number of nitrogens with zero attached hydrogens (tertiary/aromatic N) is 1. The van der Waals surface area contributed by atoms with Crippen LogP contribution >= 0.6 is 0 Å². The maximum atomic E-state index is 14.4. The molecule has 0 radical (unpaired) electrons. The standard InChI is InChI=1S/C41H77N3O12/c1-14-16-44-21-41(51-22-44)28(8)53-31(19-39(41,10)50-13)55-33-25(5)35(56-37-32(45)29(42-12)17-24(4)52-37)38(9,48)18-23(3)20-43-27(7)34(46)40(11,49)30(15-2)54-36(47)26(33)6/h23-35,37,42-43,45-46,48-49H,14-22H2,1-13H3/t23-,24-,25+,26-,27-,28+,29+,30-,31+,32-,33+,34-,35-,37+,38-,39-,40-,41+/m1/s1. The van der Waals surface area contributed by atoms with E-state index >= 15 is 0 Å². The number of aliphatic hydroxyl groups excluding tert-OH is 2. The largest absolute Gasteiger partial charge is 0.459 e. The van der Waals surface area contributed by atoms with Crippen molar-refractivity contribution in [2.24, 2.45) is 17.8 Å². The molecule has 0 saturated carbocycles. The highest BCUT2D eigenvalue weighted by atomic mass is 16.7. The van der Waals surface area contributed by atoms with Crippen LogP contribution in [-0.4, -0.2) is 162 Å². The molecule has 0 aromatic heterocycles. The molecule has 4 saturated heterocycles. The molecule has 15 heteroatoms. The summed E-state index contributed by atoms with van der Waals surface area (Å²) in [6.07, 6.45) is -5.82. The Bertz CT molecular complexity index is 1260. The van der Waals surface area contributed by atoms with Crippen molar-refractivity contribution in [3.05, 3.63) is 0 Å². The first-order valence-electron chi connectivity index (χ1n) is 21.1. The SMILES string of the molecule is CCCN1CO[C@@]2(C1)[C@H](C)O[C@@H](O[C@H]1[C@H](C)[C@@H](O[C@@H]3O[C@H](C)C[C@H](NC)[C@H]3O)[C@](C)(O)C[C@@H](C)CN[C@H](C)[C@@H](O)[C@](C)(O)[C@@H](CC)OC(=O)[C@@H]1C)C[C@@]2(C)OC. The second-order valence-corrected chi connectivity index (χ2v) is 18.2. The van der Waals surface area contributed by atoms with Crippen molar-refractivity contribution >= 4 is 5.97 Å². The molecule has 0 amide bonds. The minimum absolute atomic E-state index is 0.148. The Morgan fingerprint density at radius 2 is 1.68 bits per heavy atom. The van der Waals surface area contributed by atoms with Gasteiger partial charge >= 0.3 is 5.97 Å². The molecule has 4 aliphatic rings. The van der Waals surface area contributed by atoms with Crippen LogP contribution in [0.25, 0.3) is 0 Å². The number of aliphatic hydroxyl groups is 4. The summed E-state index contributed by atoms with van der Waals surface area (Å²) >= 11 is 0. The molecule has 0 unspecified atom stereocenters. The number of nitrogens with one attached hydrogen (secondary N) is 2. The first-order chi connectivity index (χ1) is 26.1. The second-order valence-electron chi connectivity index (χ2n) is 18.2. The molecule has 4 heterocycles. The van der Waals surface area contributed by atoms with E-state index in [9.17, 15) is 25.2 Å². The molecule has 0 aromatic rings. The van der Waals surface area contributed by atoms with Crippen molar-refractivity contribution < 1.29 is 58.4 Å². The Morgan fingerprint density at radius 1 is 1.00 bits per heavy atom. The van der Waals surface area contributed by atoms with E-state index in [1.807, 2.05) is 34.6 Å². The molecule has 0 aliphatic carbocycles. The quantitative estimate of drug-likeness (QED) is 0.186. The molecule has 6 N–H and O–H groups in total. The van der Waals surface area contributed by atoms with Crippen molar-refractivity contribution in [2.75, 3.05) is 40.5 Å². The number of carbonyl (C=O) groups excluding carboxylic acids is 1. The summed E-state index contributed by atoms with van der Waals surface area (Å²) < 4.78 is 45.4. The first-order valence-corrected chi connectivity index (χ1v) is 21.1. The number of methoxy groups -OCH3 is 1. The van der Waals surface area contributed by atoms with Gasteiger partial charge in [-0.05, 0) is 93.7 Å². The zero-order valence-electron chi connectivity index (χ0n) is 36.4. The fourth-order valence-corrected chi connectivity index (χ4v) is 9.86. The fraction of sp³-hybridized carbons (Fsp3) is 0.976. The lowest BCUT2D eigenvalue weighted by Gasteiger charge is -2.54. The Hall–Kier alpha value is -1.05. The summed E-state index contributed by atoms with van der Waals surface area (Å²) in [6, 6.07) is -0.897. The number of rotatable bonds is 9. The Labute approximate surface area is 335 Å².